The van der Waals surface area contributed by atoms with E-state index < -0.39 is 10.0 Å². The smallest absolute Gasteiger partial charge is 0.242 e. The fourth-order valence-corrected chi connectivity index (χ4v) is 4.65. The van der Waals surface area contributed by atoms with Gasteiger partial charge in [-0.1, -0.05) is 12.1 Å². The Morgan fingerprint density at radius 3 is 2.52 bits per heavy atom. The van der Waals surface area contributed by atoms with Crippen LogP contribution >= 0.6 is 11.3 Å². The summed E-state index contributed by atoms with van der Waals surface area (Å²) < 4.78 is 27.7. The number of rotatable bonds is 6. The highest BCUT2D eigenvalue weighted by Crippen LogP contribution is 2.21. The van der Waals surface area contributed by atoms with E-state index in [4.69, 9.17) is 0 Å². The van der Waals surface area contributed by atoms with Crippen molar-refractivity contribution in [2.45, 2.75) is 31.2 Å². The third kappa shape index (κ3) is 4.06. The van der Waals surface area contributed by atoms with E-state index in [0.717, 1.165) is 0 Å². The lowest BCUT2D eigenvalue weighted by molar-refractivity contribution is 0.561. The lowest BCUT2D eigenvalue weighted by Gasteiger charge is -2.15. The van der Waals surface area contributed by atoms with Gasteiger partial charge in [0, 0.05) is 22.8 Å². The molecule has 0 aliphatic carbocycles. The van der Waals surface area contributed by atoms with Gasteiger partial charge in [0.15, 0.2) is 0 Å². The molecule has 0 fully saturated rings. The van der Waals surface area contributed by atoms with Crippen molar-refractivity contribution >= 4 is 27.0 Å². The molecule has 0 saturated heterocycles. The van der Waals surface area contributed by atoms with E-state index >= 15 is 0 Å². The van der Waals surface area contributed by atoms with E-state index in [2.05, 4.69) is 16.1 Å². The van der Waals surface area contributed by atoms with E-state index in [1.54, 1.807) is 36.6 Å². The Labute approximate surface area is 130 Å². The summed E-state index contributed by atoms with van der Waals surface area (Å²) in [7, 11) is -1.81. The Bertz CT molecular complexity index is 708. The maximum Gasteiger partial charge on any atom is 0.242 e. The number of hydrogen-bond donors (Lipinski definition) is 2. The zero-order valence-corrected chi connectivity index (χ0v) is 14.0. The van der Waals surface area contributed by atoms with Gasteiger partial charge in [0.25, 0.3) is 0 Å². The fourth-order valence-electron chi connectivity index (χ4n) is 2.17. The van der Waals surface area contributed by atoms with Crippen molar-refractivity contribution in [2.75, 3.05) is 12.4 Å². The average molecular weight is 324 g/mol. The molecule has 6 heteroatoms. The van der Waals surface area contributed by atoms with E-state index in [1.807, 2.05) is 26.0 Å². The number of anilines is 1. The Morgan fingerprint density at radius 1 is 1.19 bits per heavy atom. The Balaban J connectivity index is 2.13. The standard InChI is InChI=1S/C15H20N2O2S2/c1-11(10-13-9-8-12(2)20-13)17-21(18,19)15-7-5-4-6-14(15)16-3/h4-9,11,16-17H,10H2,1-3H3. The van der Waals surface area contributed by atoms with Gasteiger partial charge >= 0.3 is 0 Å². The van der Waals surface area contributed by atoms with Gasteiger partial charge in [0.1, 0.15) is 4.90 Å². The van der Waals surface area contributed by atoms with Crippen molar-refractivity contribution in [3.63, 3.8) is 0 Å². The molecule has 0 aliphatic rings. The second-order valence-electron chi connectivity index (χ2n) is 4.98. The zero-order chi connectivity index (χ0) is 15.5. The predicted octanol–water partition coefficient (Wildman–Crippen LogP) is 3.01. The lowest BCUT2D eigenvalue weighted by atomic mass is 10.2. The highest BCUT2D eigenvalue weighted by molar-refractivity contribution is 7.89. The van der Waals surface area contributed by atoms with Gasteiger partial charge in [-0.15, -0.1) is 11.3 Å². The number of nitrogens with one attached hydrogen (secondary N) is 2. The van der Waals surface area contributed by atoms with Crippen LogP contribution in [0.15, 0.2) is 41.3 Å². The van der Waals surface area contributed by atoms with Gasteiger partial charge in [-0.05, 0) is 44.5 Å². The summed E-state index contributed by atoms with van der Waals surface area (Å²) in [6, 6.07) is 10.8. The molecule has 0 saturated carbocycles. The summed E-state index contributed by atoms with van der Waals surface area (Å²) in [5, 5.41) is 2.91. The molecule has 0 aliphatic heterocycles. The van der Waals surface area contributed by atoms with Crippen molar-refractivity contribution < 1.29 is 8.42 Å². The van der Waals surface area contributed by atoms with Crippen LogP contribution in [-0.4, -0.2) is 21.5 Å². The second kappa shape index (κ2) is 6.60. The van der Waals surface area contributed by atoms with Crippen molar-refractivity contribution in [1.82, 2.24) is 4.72 Å². The molecular formula is C15H20N2O2S2. The first-order chi connectivity index (χ1) is 9.92. The third-order valence-electron chi connectivity index (χ3n) is 3.11. The number of sulfonamides is 1. The number of thiophene rings is 1. The van der Waals surface area contributed by atoms with Crippen LogP contribution in [0.1, 0.15) is 16.7 Å². The summed E-state index contributed by atoms with van der Waals surface area (Å²) in [5.74, 6) is 0. The summed E-state index contributed by atoms with van der Waals surface area (Å²) in [6.45, 7) is 3.93. The molecule has 0 bridgehead atoms. The zero-order valence-electron chi connectivity index (χ0n) is 12.4. The molecule has 1 aromatic heterocycles. The molecule has 1 unspecified atom stereocenters. The largest absolute Gasteiger partial charge is 0.387 e. The summed E-state index contributed by atoms with van der Waals surface area (Å²) in [6.07, 6.45) is 0.694. The number of para-hydroxylation sites is 1. The maximum atomic E-state index is 12.5. The minimum absolute atomic E-state index is 0.155. The molecule has 114 valence electrons. The van der Waals surface area contributed by atoms with Gasteiger partial charge in [-0.25, -0.2) is 13.1 Å². The van der Waals surface area contributed by atoms with Crippen LogP contribution in [0.5, 0.6) is 0 Å². The molecule has 21 heavy (non-hydrogen) atoms. The van der Waals surface area contributed by atoms with Crippen LogP contribution in [0, 0.1) is 6.92 Å². The second-order valence-corrected chi connectivity index (χ2v) is 8.04. The number of benzene rings is 1. The molecule has 2 rings (SSSR count). The van der Waals surface area contributed by atoms with E-state index in [9.17, 15) is 8.42 Å². The SMILES string of the molecule is CNc1ccccc1S(=O)(=O)NC(C)Cc1ccc(C)s1. The highest BCUT2D eigenvalue weighted by Gasteiger charge is 2.20. The lowest BCUT2D eigenvalue weighted by Crippen LogP contribution is -2.34. The summed E-state index contributed by atoms with van der Waals surface area (Å²) in [4.78, 5) is 2.70. The molecular weight excluding hydrogens is 304 g/mol. The first-order valence-corrected chi connectivity index (χ1v) is 9.07. The monoisotopic (exact) mass is 324 g/mol. The Morgan fingerprint density at radius 2 is 1.90 bits per heavy atom. The van der Waals surface area contributed by atoms with Crippen LogP contribution < -0.4 is 10.0 Å². The first-order valence-electron chi connectivity index (χ1n) is 6.77. The quantitative estimate of drug-likeness (QED) is 0.859. The van der Waals surface area contributed by atoms with Crippen LogP contribution in [-0.2, 0) is 16.4 Å². The maximum absolute atomic E-state index is 12.5. The van der Waals surface area contributed by atoms with Gasteiger partial charge < -0.3 is 5.32 Å². The molecule has 1 aromatic carbocycles. The minimum Gasteiger partial charge on any atom is -0.387 e. The Kier molecular flexibility index (Phi) is 5.03. The van der Waals surface area contributed by atoms with Crippen molar-refractivity contribution in [2.24, 2.45) is 0 Å². The van der Waals surface area contributed by atoms with Crippen molar-refractivity contribution in [3.8, 4) is 0 Å². The van der Waals surface area contributed by atoms with Gasteiger partial charge in [0.05, 0.1) is 5.69 Å². The van der Waals surface area contributed by atoms with Crippen LogP contribution in [0.25, 0.3) is 0 Å². The number of hydrogen-bond acceptors (Lipinski definition) is 4. The van der Waals surface area contributed by atoms with Gasteiger partial charge in [0.2, 0.25) is 10.0 Å². The highest BCUT2D eigenvalue weighted by atomic mass is 32.2. The molecule has 0 spiro atoms. The minimum atomic E-state index is -3.52. The van der Waals surface area contributed by atoms with Gasteiger partial charge in [-0.3, -0.25) is 0 Å². The predicted molar refractivity (Wildman–Crippen MR) is 88.5 cm³/mol. The Hall–Kier alpha value is -1.37. The molecule has 0 amide bonds. The van der Waals surface area contributed by atoms with E-state index in [0.29, 0.717) is 12.1 Å². The molecule has 1 heterocycles. The van der Waals surface area contributed by atoms with Crippen LogP contribution in [0.2, 0.25) is 0 Å². The van der Waals surface area contributed by atoms with Crippen LogP contribution in [0.3, 0.4) is 0 Å². The fraction of sp³-hybridized carbons (Fsp3) is 0.333. The van der Waals surface area contributed by atoms with Crippen molar-refractivity contribution in [3.05, 3.63) is 46.2 Å². The molecule has 0 radical (unpaired) electrons. The molecule has 1 atom stereocenters. The average Bonchev–Trinajstić information content (AvgIpc) is 2.83. The summed E-state index contributed by atoms with van der Waals surface area (Å²) >= 11 is 1.70. The first kappa shape index (κ1) is 16.0. The van der Waals surface area contributed by atoms with Crippen LogP contribution in [0.4, 0.5) is 5.69 Å². The number of aryl methyl sites for hydroxylation is 1. The van der Waals surface area contributed by atoms with E-state index in [1.165, 1.54) is 9.75 Å². The topological polar surface area (TPSA) is 58.2 Å². The molecule has 2 aromatic rings. The van der Waals surface area contributed by atoms with Crippen molar-refractivity contribution in [1.29, 1.82) is 0 Å². The van der Waals surface area contributed by atoms with E-state index in [-0.39, 0.29) is 10.9 Å². The summed E-state index contributed by atoms with van der Waals surface area (Å²) in [5.41, 5.74) is 0.601. The van der Waals surface area contributed by atoms with Gasteiger partial charge in [-0.2, -0.15) is 0 Å². The normalized spacial score (nSPS) is 13.1. The molecule has 4 nitrogen and oxygen atoms in total. The molecule has 2 N–H and O–H groups in total. The third-order valence-corrected chi connectivity index (χ3v) is 5.78.